The van der Waals surface area contributed by atoms with Crippen molar-refractivity contribution >= 4 is 21.4 Å². The minimum absolute atomic E-state index is 0.309. The largest absolute Gasteiger partial charge is 0.316 e. The first-order valence-corrected chi connectivity index (χ1v) is 8.74. The molecule has 0 radical (unpaired) electrons. The van der Waals surface area contributed by atoms with Gasteiger partial charge in [-0.1, -0.05) is 18.2 Å². The quantitative estimate of drug-likeness (QED) is 0.822. The minimum Gasteiger partial charge on any atom is -0.316 e. The number of hydrogen-bond acceptors (Lipinski definition) is 4. The highest BCUT2D eigenvalue weighted by atomic mass is 32.2. The van der Waals surface area contributed by atoms with Gasteiger partial charge in [-0.25, -0.2) is 13.1 Å². The number of thiophene rings is 1. The minimum atomic E-state index is -3.41. The van der Waals surface area contributed by atoms with Crippen LogP contribution in [0.5, 0.6) is 0 Å². The van der Waals surface area contributed by atoms with Crippen molar-refractivity contribution in [3.63, 3.8) is 0 Å². The van der Waals surface area contributed by atoms with Gasteiger partial charge in [0.25, 0.3) is 0 Å². The first-order valence-electron chi connectivity index (χ1n) is 6.37. The Hall–Kier alpha value is -1.21. The number of benzene rings is 1. The van der Waals surface area contributed by atoms with Crippen LogP contribution in [0.15, 0.2) is 46.7 Å². The summed E-state index contributed by atoms with van der Waals surface area (Å²) in [6.45, 7) is 1.15. The topological polar surface area (TPSA) is 58.2 Å². The van der Waals surface area contributed by atoms with Crippen LogP contribution in [-0.4, -0.2) is 22.0 Å². The summed E-state index contributed by atoms with van der Waals surface area (Å²) in [6, 6.07) is 10.9. The predicted molar refractivity (Wildman–Crippen MR) is 82.4 cm³/mol. The lowest BCUT2D eigenvalue weighted by Crippen LogP contribution is -2.25. The monoisotopic (exact) mass is 310 g/mol. The van der Waals surface area contributed by atoms with Crippen LogP contribution in [0.1, 0.15) is 10.4 Å². The molecule has 0 fully saturated rings. The normalized spacial score (nSPS) is 11.7. The zero-order chi connectivity index (χ0) is 14.4. The molecule has 0 aliphatic heterocycles. The van der Waals surface area contributed by atoms with Crippen molar-refractivity contribution in [2.24, 2.45) is 0 Å². The van der Waals surface area contributed by atoms with Crippen molar-refractivity contribution in [2.45, 2.75) is 17.9 Å². The summed E-state index contributed by atoms with van der Waals surface area (Å²) in [4.78, 5) is 1.49. The van der Waals surface area contributed by atoms with E-state index in [2.05, 4.69) is 10.0 Å². The molecule has 2 aromatic rings. The first-order chi connectivity index (χ1) is 9.62. The van der Waals surface area contributed by atoms with Gasteiger partial charge in [-0.3, -0.25) is 0 Å². The standard InChI is InChI=1S/C14H18N2O2S2/c1-15-11-12-4-6-14(7-5-12)20(17,18)16-9-8-13-3-2-10-19-13/h2-7,10,15-16H,8-9,11H2,1H3. The molecule has 0 saturated heterocycles. The van der Waals surface area contributed by atoms with E-state index in [1.165, 1.54) is 4.88 Å². The van der Waals surface area contributed by atoms with Gasteiger partial charge in [0.1, 0.15) is 0 Å². The number of rotatable bonds is 7. The molecule has 20 heavy (non-hydrogen) atoms. The molecule has 6 heteroatoms. The lowest BCUT2D eigenvalue weighted by molar-refractivity contribution is 0.582. The SMILES string of the molecule is CNCc1ccc(S(=O)(=O)NCCc2cccs2)cc1. The molecule has 0 aliphatic carbocycles. The van der Waals surface area contributed by atoms with Gasteiger partial charge in [-0.15, -0.1) is 11.3 Å². The van der Waals surface area contributed by atoms with Crippen molar-refractivity contribution in [3.8, 4) is 0 Å². The maximum Gasteiger partial charge on any atom is 0.240 e. The summed E-state index contributed by atoms with van der Waals surface area (Å²) < 4.78 is 26.8. The van der Waals surface area contributed by atoms with E-state index in [1.807, 2.05) is 36.7 Å². The van der Waals surface area contributed by atoms with E-state index in [-0.39, 0.29) is 0 Å². The number of sulfonamides is 1. The maximum absolute atomic E-state index is 12.1. The van der Waals surface area contributed by atoms with Gasteiger partial charge in [-0.05, 0) is 42.6 Å². The van der Waals surface area contributed by atoms with E-state index in [0.717, 1.165) is 12.1 Å². The van der Waals surface area contributed by atoms with Crippen LogP contribution in [-0.2, 0) is 23.0 Å². The molecule has 1 heterocycles. The highest BCUT2D eigenvalue weighted by Crippen LogP contribution is 2.12. The molecule has 2 N–H and O–H groups in total. The zero-order valence-electron chi connectivity index (χ0n) is 11.3. The van der Waals surface area contributed by atoms with Gasteiger partial charge < -0.3 is 5.32 Å². The molecule has 0 saturated carbocycles. The first kappa shape index (κ1) is 15.2. The summed E-state index contributed by atoms with van der Waals surface area (Å²) in [7, 11) is -1.55. The second kappa shape index (κ2) is 6.99. The second-order valence-corrected chi connectivity index (χ2v) is 7.20. The number of hydrogen-bond donors (Lipinski definition) is 2. The van der Waals surface area contributed by atoms with E-state index < -0.39 is 10.0 Å². The molecule has 108 valence electrons. The van der Waals surface area contributed by atoms with Crippen LogP contribution < -0.4 is 10.0 Å². The van der Waals surface area contributed by atoms with Crippen LogP contribution in [0.4, 0.5) is 0 Å². The Balaban J connectivity index is 1.95. The summed E-state index contributed by atoms with van der Waals surface area (Å²) in [5.41, 5.74) is 1.06. The Bertz CT molecular complexity index is 620. The average Bonchev–Trinajstić information content (AvgIpc) is 2.93. The van der Waals surface area contributed by atoms with Gasteiger partial charge in [0.15, 0.2) is 0 Å². The fraction of sp³-hybridized carbons (Fsp3) is 0.286. The van der Waals surface area contributed by atoms with Crippen LogP contribution in [0.2, 0.25) is 0 Å². The fourth-order valence-electron chi connectivity index (χ4n) is 1.84. The van der Waals surface area contributed by atoms with Gasteiger partial charge in [0.2, 0.25) is 10.0 Å². The molecule has 0 bridgehead atoms. The van der Waals surface area contributed by atoms with Gasteiger partial charge in [0.05, 0.1) is 4.90 Å². The van der Waals surface area contributed by atoms with Crippen LogP contribution in [0, 0.1) is 0 Å². The third-order valence-corrected chi connectivity index (χ3v) is 5.27. The summed E-state index contributed by atoms with van der Waals surface area (Å²) in [5, 5.41) is 5.02. The Morgan fingerprint density at radius 3 is 2.50 bits per heavy atom. The molecular formula is C14H18N2O2S2. The van der Waals surface area contributed by atoms with E-state index >= 15 is 0 Å². The fourth-order valence-corrected chi connectivity index (χ4v) is 3.58. The van der Waals surface area contributed by atoms with Gasteiger partial charge in [0, 0.05) is 18.0 Å². The van der Waals surface area contributed by atoms with E-state index in [1.54, 1.807) is 23.5 Å². The molecule has 1 aromatic heterocycles. The van der Waals surface area contributed by atoms with Crippen LogP contribution >= 0.6 is 11.3 Å². The smallest absolute Gasteiger partial charge is 0.240 e. The van der Waals surface area contributed by atoms with Crippen molar-refractivity contribution in [3.05, 3.63) is 52.2 Å². The third kappa shape index (κ3) is 4.14. The summed E-state index contributed by atoms with van der Waals surface area (Å²) in [6.07, 6.45) is 0.717. The Morgan fingerprint density at radius 1 is 1.15 bits per heavy atom. The molecule has 0 atom stereocenters. The van der Waals surface area contributed by atoms with Crippen LogP contribution in [0.25, 0.3) is 0 Å². The van der Waals surface area contributed by atoms with Crippen molar-refractivity contribution in [1.82, 2.24) is 10.0 Å². The molecule has 4 nitrogen and oxygen atoms in total. The zero-order valence-corrected chi connectivity index (χ0v) is 12.9. The van der Waals surface area contributed by atoms with Gasteiger partial charge in [-0.2, -0.15) is 0 Å². The summed E-state index contributed by atoms with van der Waals surface area (Å²) in [5.74, 6) is 0. The van der Waals surface area contributed by atoms with E-state index in [0.29, 0.717) is 17.9 Å². The molecule has 0 aliphatic rings. The van der Waals surface area contributed by atoms with Crippen molar-refractivity contribution in [2.75, 3.05) is 13.6 Å². The molecule has 1 aromatic carbocycles. The van der Waals surface area contributed by atoms with E-state index in [4.69, 9.17) is 0 Å². The maximum atomic E-state index is 12.1. The molecular weight excluding hydrogens is 292 g/mol. The van der Waals surface area contributed by atoms with Gasteiger partial charge >= 0.3 is 0 Å². The van der Waals surface area contributed by atoms with Crippen molar-refractivity contribution in [1.29, 1.82) is 0 Å². The predicted octanol–water partition coefficient (Wildman–Crippen LogP) is 1.99. The van der Waals surface area contributed by atoms with E-state index in [9.17, 15) is 8.42 Å². The molecule has 0 unspecified atom stereocenters. The Kier molecular flexibility index (Phi) is 5.31. The lowest BCUT2D eigenvalue weighted by Gasteiger charge is -2.07. The second-order valence-electron chi connectivity index (χ2n) is 4.40. The average molecular weight is 310 g/mol. The Labute approximate surface area is 123 Å². The molecule has 2 rings (SSSR count). The molecule has 0 amide bonds. The third-order valence-electron chi connectivity index (χ3n) is 2.86. The lowest BCUT2D eigenvalue weighted by atomic mass is 10.2. The highest BCUT2D eigenvalue weighted by Gasteiger charge is 2.13. The highest BCUT2D eigenvalue weighted by molar-refractivity contribution is 7.89. The van der Waals surface area contributed by atoms with Crippen LogP contribution in [0.3, 0.4) is 0 Å². The Morgan fingerprint density at radius 2 is 1.90 bits per heavy atom. The number of nitrogens with one attached hydrogen (secondary N) is 2. The summed E-state index contributed by atoms with van der Waals surface area (Å²) >= 11 is 1.63. The van der Waals surface area contributed by atoms with Crippen molar-refractivity contribution < 1.29 is 8.42 Å². The molecule has 0 spiro atoms.